The first kappa shape index (κ1) is 10.4. The largest absolute Gasteiger partial charge is 0.344 e. The molecule has 0 saturated carbocycles. The first-order chi connectivity index (χ1) is 8.11. The Bertz CT molecular complexity index is 732. The van der Waals surface area contributed by atoms with E-state index >= 15 is 0 Å². The molecule has 0 aliphatic heterocycles. The van der Waals surface area contributed by atoms with Crippen molar-refractivity contribution >= 4 is 21.8 Å². The first-order valence-corrected chi connectivity index (χ1v) is 6.05. The van der Waals surface area contributed by atoms with E-state index < -0.39 is 0 Å². The Balaban J connectivity index is 2.68. The quantitative estimate of drug-likeness (QED) is 0.536. The molecule has 0 unspecified atom stereocenters. The zero-order chi connectivity index (χ0) is 12.2. The molecule has 17 heavy (non-hydrogen) atoms. The second-order valence-electron chi connectivity index (χ2n) is 4.91. The van der Waals surface area contributed by atoms with E-state index in [9.17, 15) is 0 Å². The molecule has 2 aromatic carbocycles. The van der Waals surface area contributed by atoms with Crippen LogP contribution in [0.25, 0.3) is 21.8 Å². The molecule has 0 saturated heterocycles. The molecular formula is C16H17N. The average Bonchev–Trinajstić information content (AvgIpc) is 2.61. The molecule has 0 amide bonds. The molecule has 0 aliphatic carbocycles. The molecule has 0 atom stereocenters. The summed E-state index contributed by atoms with van der Waals surface area (Å²) in [5, 5.41) is 2.77. The third-order valence-electron chi connectivity index (χ3n) is 4.03. The molecule has 86 valence electrons. The predicted molar refractivity (Wildman–Crippen MR) is 74.6 cm³/mol. The fourth-order valence-electron chi connectivity index (χ4n) is 2.77. The van der Waals surface area contributed by atoms with Gasteiger partial charge in [0.25, 0.3) is 0 Å². The molecule has 0 spiro atoms. The summed E-state index contributed by atoms with van der Waals surface area (Å²) in [6, 6.07) is 10.9. The van der Waals surface area contributed by atoms with Crippen LogP contribution >= 0.6 is 0 Å². The number of benzene rings is 2. The minimum atomic E-state index is 1.32. The van der Waals surface area contributed by atoms with Gasteiger partial charge < -0.3 is 4.57 Å². The maximum atomic E-state index is 2.30. The van der Waals surface area contributed by atoms with E-state index in [0.29, 0.717) is 0 Å². The van der Waals surface area contributed by atoms with E-state index in [4.69, 9.17) is 0 Å². The Morgan fingerprint density at radius 3 is 2.35 bits per heavy atom. The lowest BCUT2D eigenvalue weighted by Crippen LogP contribution is -1.91. The van der Waals surface area contributed by atoms with Gasteiger partial charge in [-0.2, -0.15) is 0 Å². The fourth-order valence-corrected chi connectivity index (χ4v) is 2.77. The Kier molecular flexibility index (Phi) is 2.06. The van der Waals surface area contributed by atoms with Crippen LogP contribution in [-0.2, 0) is 7.05 Å². The van der Waals surface area contributed by atoms with Gasteiger partial charge in [-0.15, -0.1) is 0 Å². The molecule has 1 nitrogen and oxygen atoms in total. The van der Waals surface area contributed by atoms with Crippen molar-refractivity contribution in [3.05, 3.63) is 47.0 Å². The summed E-state index contributed by atoms with van der Waals surface area (Å²) < 4.78 is 2.30. The Labute approximate surface area is 102 Å². The first-order valence-electron chi connectivity index (χ1n) is 6.05. The van der Waals surface area contributed by atoms with Crippen LogP contribution in [0.3, 0.4) is 0 Å². The zero-order valence-corrected chi connectivity index (χ0v) is 10.8. The highest BCUT2D eigenvalue weighted by atomic mass is 14.9. The van der Waals surface area contributed by atoms with Crippen LogP contribution in [0.2, 0.25) is 0 Å². The van der Waals surface area contributed by atoms with Crippen molar-refractivity contribution in [3.8, 4) is 0 Å². The molecule has 0 N–H and O–H groups in total. The lowest BCUT2D eigenvalue weighted by atomic mass is 9.99. The molecule has 1 aromatic heterocycles. The number of hydrogen-bond acceptors (Lipinski definition) is 0. The monoisotopic (exact) mass is 223 g/mol. The molecule has 3 aromatic rings. The summed E-state index contributed by atoms with van der Waals surface area (Å²) in [5.74, 6) is 0. The van der Waals surface area contributed by atoms with Crippen LogP contribution in [0.5, 0.6) is 0 Å². The maximum Gasteiger partial charge on any atom is 0.0494 e. The normalized spacial score (nSPS) is 11.5. The fraction of sp³-hybridized carbons (Fsp3) is 0.250. The summed E-state index contributed by atoms with van der Waals surface area (Å²) >= 11 is 0. The summed E-state index contributed by atoms with van der Waals surface area (Å²) in [6.07, 6.45) is 0. The lowest BCUT2D eigenvalue weighted by molar-refractivity contribution is 1.01. The van der Waals surface area contributed by atoms with Gasteiger partial charge in [0, 0.05) is 28.9 Å². The minimum absolute atomic E-state index is 1.32. The van der Waals surface area contributed by atoms with E-state index in [1.165, 1.54) is 38.5 Å². The number of nitrogens with zero attached hydrogens (tertiary/aromatic N) is 1. The number of rotatable bonds is 0. The van der Waals surface area contributed by atoms with Crippen molar-refractivity contribution in [3.63, 3.8) is 0 Å². The van der Waals surface area contributed by atoms with Crippen molar-refractivity contribution < 1.29 is 0 Å². The standard InChI is InChI=1S/C16H17N/c1-10-9-15-16(12(3)11(10)2)13-7-5-6-8-14(13)17(15)4/h5-9H,1-4H3. The van der Waals surface area contributed by atoms with Crippen molar-refractivity contribution in [2.45, 2.75) is 20.8 Å². The van der Waals surface area contributed by atoms with Crippen molar-refractivity contribution in [1.29, 1.82) is 0 Å². The van der Waals surface area contributed by atoms with Gasteiger partial charge in [0.05, 0.1) is 0 Å². The highest BCUT2D eigenvalue weighted by Crippen LogP contribution is 2.33. The van der Waals surface area contributed by atoms with E-state index in [0.717, 1.165) is 0 Å². The van der Waals surface area contributed by atoms with Crippen molar-refractivity contribution in [2.24, 2.45) is 7.05 Å². The summed E-state index contributed by atoms with van der Waals surface area (Å²) in [5.41, 5.74) is 6.86. The van der Waals surface area contributed by atoms with Crippen LogP contribution in [0, 0.1) is 20.8 Å². The van der Waals surface area contributed by atoms with E-state index in [-0.39, 0.29) is 0 Å². The second-order valence-corrected chi connectivity index (χ2v) is 4.91. The number of fused-ring (bicyclic) bond motifs is 3. The van der Waals surface area contributed by atoms with Gasteiger partial charge in [0.15, 0.2) is 0 Å². The third kappa shape index (κ3) is 1.25. The average molecular weight is 223 g/mol. The number of hydrogen-bond donors (Lipinski definition) is 0. The van der Waals surface area contributed by atoms with Gasteiger partial charge in [-0.3, -0.25) is 0 Å². The topological polar surface area (TPSA) is 4.93 Å². The van der Waals surface area contributed by atoms with Crippen molar-refractivity contribution in [1.82, 2.24) is 4.57 Å². The molecule has 0 radical (unpaired) electrons. The third-order valence-corrected chi connectivity index (χ3v) is 4.03. The summed E-state index contributed by atoms with van der Waals surface area (Å²) in [6.45, 7) is 6.64. The summed E-state index contributed by atoms with van der Waals surface area (Å²) in [7, 11) is 2.15. The van der Waals surface area contributed by atoms with Gasteiger partial charge in [0.2, 0.25) is 0 Å². The van der Waals surface area contributed by atoms with Crippen molar-refractivity contribution in [2.75, 3.05) is 0 Å². The SMILES string of the molecule is Cc1cc2c(c(C)c1C)c1ccccc1n2C. The van der Waals surface area contributed by atoms with Crippen LogP contribution in [0.4, 0.5) is 0 Å². The van der Waals surface area contributed by atoms with Gasteiger partial charge in [0.1, 0.15) is 0 Å². The van der Waals surface area contributed by atoms with Crippen LogP contribution in [0.15, 0.2) is 30.3 Å². The summed E-state index contributed by atoms with van der Waals surface area (Å²) in [4.78, 5) is 0. The number of aromatic nitrogens is 1. The van der Waals surface area contributed by atoms with Crippen LogP contribution < -0.4 is 0 Å². The Hall–Kier alpha value is -1.76. The minimum Gasteiger partial charge on any atom is -0.344 e. The molecule has 1 heterocycles. The van der Waals surface area contributed by atoms with Gasteiger partial charge in [-0.25, -0.2) is 0 Å². The van der Waals surface area contributed by atoms with Crippen LogP contribution in [-0.4, -0.2) is 4.57 Å². The second kappa shape index (κ2) is 3.36. The predicted octanol–water partition coefficient (Wildman–Crippen LogP) is 4.26. The molecule has 3 rings (SSSR count). The highest BCUT2D eigenvalue weighted by Gasteiger charge is 2.12. The Morgan fingerprint density at radius 2 is 1.59 bits per heavy atom. The smallest absolute Gasteiger partial charge is 0.0494 e. The lowest BCUT2D eigenvalue weighted by Gasteiger charge is -2.07. The highest BCUT2D eigenvalue weighted by molar-refractivity contribution is 6.10. The van der Waals surface area contributed by atoms with Gasteiger partial charge >= 0.3 is 0 Å². The molecule has 0 fully saturated rings. The number of aryl methyl sites for hydroxylation is 3. The van der Waals surface area contributed by atoms with E-state index in [2.05, 4.69) is 62.7 Å². The molecule has 1 heteroatoms. The van der Waals surface area contributed by atoms with E-state index in [1.54, 1.807) is 0 Å². The molecule has 0 aliphatic rings. The molecular weight excluding hydrogens is 206 g/mol. The number of para-hydroxylation sites is 1. The maximum absolute atomic E-state index is 2.30. The van der Waals surface area contributed by atoms with Gasteiger partial charge in [-0.1, -0.05) is 18.2 Å². The van der Waals surface area contributed by atoms with Crippen LogP contribution in [0.1, 0.15) is 16.7 Å². The molecule has 0 bridgehead atoms. The van der Waals surface area contributed by atoms with E-state index in [1.807, 2.05) is 0 Å². The van der Waals surface area contributed by atoms with Gasteiger partial charge in [-0.05, 0) is 49.6 Å². The Morgan fingerprint density at radius 1 is 0.882 bits per heavy atom. The zero-order valence-electron chi connectivity index (χ0n) is 10.8.